The summed E-state index contributed by atoms with van der Waals surface area (Å²) in [6, 6.07) is 5.46. The Morgan fingerprint density at radius 2 is 1.88 bits per heavy atom. The van der Waals surface area contributed by atoms with E-state index in [4.69, 9.17) is 4.74 Å². The second-order valence-electron chi connectivity index (χ2n) is 5.05. The van der Waals surface area contributed by atoms with Gasteiger partial charge in [-0.15, -0.1) is 0 Å². The molecule has 0 amide bonds. The standard InChI is InChI=1S/C14H20FNO/c1-9-4-5-13(15)14(6-9)16-12-7-10(2)17-11(3)8-12/h4-6,10-12,16H,7-8H2,1-3H3. The molecule has 2 nitrogen and oxygen atoms in total. The van der Waals surface area contributed by atoms with Crippen LogP contribution in [0.15, 0.2) is 18.2 Å². The number of aryl methyl sites for hydroxylation is 1. The Balaban J connectivity index is 2.07. The predicted octanol–water partition coefficient (Wildman–Crippen LogP) is 3.50. The molecule has 2 unspecified atom stereocenters. The van der Waals surface area contributed by atoms with Crippen LogP contribution in [0.25, 0.3) is 0 Å². The molecule has 1 N–H and O–H groups in total. The van der Waals surface area contributed by atoms with Gasteiger partial charge in [0.1, 0.15) is 5.82 Å². The van der Waals surface area contributed by atoms with Gasteiger partial charge in [-0.05, 0) is 51.3 Å². The topological polar surface area (TPSA) is 21.3 Å². The van der Waals surface area contributed by atoms with Crippen LogP contribution in [0.2, 0.25) is 0 Å². The first-order chi connectivity index (χ1) is 8.04. The number of benzene rings is 1. The Morgan fingerprint density at radius 1 is 1.24 bits per heavy atom. The molecule has 2 atom stereocenters. The highest BCUT2D eigenvalue weighted by Crippen LogP contribution is 2.24. The van der Waals surface area contributed by atoms with Crippen LogP contribution in [0.1, 0.15) is 32.3 Å². The average molecular weight is 237 g/mol. The summed E-state index contributed by atoms with van der Waals surface area (Å²) in [6.45, 7) is 6.10. The summed E-state index contributed by atoms with van der Waals surface area (Å²) in [7, 11) is 0. The summed E-state index contributed by atoms with van der Waals surface area (Å²) in [4.78, 5) is 0. The summed E-state index contributed by atoms with van der Waals surface area (Å²) < 4.78 is 19.3. The summed E-state index contributed by atoms with van der Waals surface area (Å²) in [5.41, 5.74) is 1.68. The van der Waals surface area contributed by atoms with Crippen molar-refractivity contribution in [2.24, 2.45) is 0 Å². The first-order valence-electron chi connectivity index (χ1n) is 6.22. The lowest BCUT2D eigenvalue weighted by molar-refractivity contribution is -0.0338. The third-order valence-corrected chi connectivity index (χ3v) is 3.18. The number of anilines is 1. The van der Waals surface area contributed by atoms with Crippen molar-refractivity contribution in [1.29, 1.82) is 0 Å². The lowest BCUT2D eigenvalue weighted by atomic mass is 9.99. The number of hydrogen-bond donors (Lipinski definition) is 1. The zero-order valence-electron chi connectivity index (χ0n) is 10.7. The minimum absolute atomic E-state index is 0.178. The molecule has 2 rings (SSSR count). The lowest BCUT2D eigenvalue weighted by Crippen LogP contribution is -2.37. The van der Waals surface area contributed by atoms with E-state index >= 15 is 0 Å². The molecular formula is C14H20FNO. The zero-order chi connectivity index (χ0) is 12.4. The van der Waals surface area contributed by atoms with Crippen molar-refractivity contribution in [3.63, 3.8) is 0 Å². The number of nitrogens with one attached hydrogen (secondary N) is 1. The van der Waals surface area contributed by atoms with Crippen LogP contribution in [0, 0.1) is 12.7 Å². The highest BCUT2D eigenvalue weighted by atomic mass is 19.1. The summed E-state index contributed by atoms with van der Waals surface area (Å²) in [5, 5.41) is 3.30. The highest BCUT2D eigenvalue weighted by molar-refractivity contribution is 5.47. The monoisotopic (exact) mass is 237 g/mol. The first-order valence-corrected chi connectivity index (χ1v) is 6.22. The maximum absolute atomic E-state index is 13.6. The minimum Gasteiger partial charge on any atom is -0.380 e. The molecule has 3 heteroatoms. The quantitative estimate of drug-likeness (QED) is 0.850. The fourth-order valence-corrected chi connectivity index (χ4v) is 2.49. The molecule has 0 saturated carbocycles. The van der Waals surface area contributed by atoms with E-state index < -0.39 is 0 Å². The lowest BCUT2D eigenvalue weighted by Gasteiger charge is -2.33. The summed E-state index contributed by atoms with van der Waals surface area (Å²) in [6.07, 6.45) is 2.34. The van der Waals surface area contributed by atoms with Crippen molar-refractivity contribution < 1.29 is 9.13 Å². The molecule has 1 heterocycles. The van der Waals surface area contributed by atoms with E-state index in [1.165, 1.54) is 6.07 Å². The molecule has 1 aromatic carbocycles. The second kappa shape index (κ2) is 5.05. The molecule has 0 aromatic heterocycles. The molecule has 0 spiro atoms. The van der Waals surface area contributed by atoms with Crippen molar-refractivity contribution in [2.45, 2.75) is 51.9 Å². The fourth-order valence-electron chi connectivity index (χ4n) is 2.49. The fraction of sp³-hybridized carbons (Fsp3) is 0.571. The van der Waals surface area contributed by atoms with Crippen LogP contribution in [0.3, 0.4) is 0 Å². The number of rotatable bonds is 2. The van der Waals surface area contributed by atoms with Crippen molar-refractivity contribution in [2.75, 3.05) is 5.32 Å². The van der Waals surface area contributed by atoms with Crippen LogP contribution in [-0.2, 0) is 4.74 Å². The van der Waals surface area contributed by atoms with E-state index in [-0.39, 0.29) is 18.0 Å². The van der Waals surface area contributed by atoms with Gasteiger partial charge in [-0.3, -0.25) is 0 Å². The van der Waals surface area contributed by atoms with Gasteiger partial charge in [0.05, 0.1) is 17.9 Å². The van der Waals surface area contributed by atoms with Crippen molar-refractivity contribution in [3.05, 3.63) is 29.6 Å². The Morgan fingerprint density at radius 3 is 2.53 bits per heavy atom. The molecule has 1 aliphatic heterocycles. The van der Waals surface area contributed by atoms with Crippen LogP contribution in [-0.4, -0.2) is 18.2 Å². The predicted molar refractivity (Wildman–Crippen MR) is 67.8 cm³/mol. The summed E-state index contributed by atoms with van der Waals surface area (Å²) >= 11 is 0. The van der Waals surface area contributed by atoms with Gasteiger partial charge in [-0.2, -0.15) is 0 Å². The number of hydrogen-bond acceptors (Lipinski definition) is 2. The van der Waals surface area contributed by atoms with Crippen molar-refractivity contribution >= 4 is 5.69 Å². The molecule has 94 valence electrons. The van der Waals surface area contributed by atoms with E-state index in [9.17, 15) is 4.39 Å². The van der Waals surface area contributed by atoms with Crippen LogP contribution < -0.4 is 5.32 Å². The molecule has 1 aliphatic rings. The largest absolute Gasteiger partial charge is 0.380 e. The molecular weight excluding hydrogens is 217 g/mol. The summed E-state index contributed by atoms with van der Waals surface area (Å²) in [5.74, 6) is -0.178. The Kier molecular flexibility index (Phi) is 3.67. The van der Waals surface area contributed by atoms with Gasteiger partial charge in [-0.1, -0.05) is 6.07 Å². The molecule has 0 radical (unpaired) electrons. The van der Waals surface area contributed by atoms with Gasteiger partial charge in [0.25, 0.3) is 0 Å². The van der Waals surface area contributed by atoms with Crippen molar-refractivity contribution in [3.8, 4) is 0 Å². The van der Waals surface area contributed by atoms with Crippen LogP contribution in [0.5, 0.6) is 0 Å². The molecule has 17 heavy (non-hydrogen) atoms. The minimum atomic E-state index is -0.178. The number of ether oxygens (including phenoxy) is 1. The zero-order valence-corrected chi connectivity index (χ0v) is 10.7. The normalized spacial score (nSPS) is 29.1. The van der Waals surface area contributed by atoms with Gasteiger partial charge in [0, 0.05) is 6.04 Å². The van der Waals surface area contributed by atoms with E-state index in [2.05, 4.69) is 19.2 Å². The third-order valence-electron chi connectivity index (χ3n) is 3.18. The van der Waals surface area contributed by atoms with E-state index in [0.717, 1.165) is 18.4 Å². The van der Waals surface area contributed by atoms with E-state index in [1.807, 2.05) is 13.0 Å². The van der Waals surface area contributed by atoms with Crippen molar-refractivity contribution in [1.82, 2.24) is 0 Å². The molecule has 1 fully saturated rings. The van der Waals surface area contributed by atoms with Gasteiger partial charge in [0.15, 0.2) is 0 Å². The van der Waals surface area contributed by atoms with E-state index in [1.54, 1.807) is 6.07 Å². The van der Waals surface area contributed by atoms with Gasteiger partial charge >= 0.3 is 0 Å². The maximum atomic E-state index is 13.6. The van der Waals surface area contributed by atoms with E-state index in [0.29, 0.717) is 11.7 Å². The second-order valence-corrected chi connectivity index (χ2v) is 5.05. The van der Waals surface area contributed by atoms with Crippen LogP contribution >= 0.6 is 0 Å². The molecule has 1 aromatic rings. The van der Waals surface area contributed by atoms with Gasteiger partial charge in [0.2, 0.25) is 0 Å². The molecule has 0 bridgehead atoms. The SMILES string of the molecule is Cc1ccc(F)c(NC2CC(C)OC(C)C2)c1. The smallest absolute Gasteiger partial charge is 0.146 e. The molecule has 1 saturated heterocycles. The Hall–Kier alpha value is -1.09. The van der Waals surface area contributed by atoms with Crippen LogP contribution in [0.4, 0.5) is 10.1 Å². The Bertz CT molecular complexity index is 384. The van der Waals surface area contributed by atoms with Gasteiger partial charge < -0.3 is 10.1 Å². The highest BCUT2D eigenvalue weighted by Gasteiger charge is 2.24. The number of halogens is 1. The first kappa shape index (κ1) is 12.4. The average Bonchev–Trinajstić information content (AvgIpc) is 2.22. The third kappa shape index (κ3) is 3.19. The van der Waals surface area contributed by atoms with Gasteiger partial charge in [-0.25, -0.2) is 4.39 Å². The Labute approximate surface area is 102 Å². The molecule has 0 aliphatic carbocycles. The maximum Gasteiger partial charge on any atom is 0.146 e.